The molecule has 102 valence electrons. The van der Waals surface area contributed by atoms with Gasteiger partial charge in [-0.05, 0) is 49.6 Å². The summed E-state index contributed by atoms with van der Waals surface area (Å²) in [4.78, 5) is 1.27. The maximum Gasteiger partial charge on any atom is 0.134 e. The largest absolute Gasteiger partial charge is 0.459 e. The van der Waals surface area contributed by atoms with Crippen molar-refractivity contribution in [1.82, 2.24) is 0 Å². The number of fused-ring (bicyclic) bond motifs is 1. The van der Waals surface area contributed by atoms with Crippen molar-refractivity contribution in [1.29, 1.82) is 0 Å². The lowest BCUT2D eigenvalue weighted by molar-refractivity contribution is 0.526. The Morgan fingerprint density at radius 1 is 1.05 bits per heavy atom. The van der Waals surface area contributed by atoms with Gasteiger partial charge in [0.1, 0.15) is 11.3 Å². The fraction of sp³-hybridized carbons (Fsp3) is 0.176. The number of para-hydroxylation sites is 1. The Kier molecular flexibility index (Phi) is 3.70. The minimum absolute atomic E-state index is 0.141. The average Bonchev–Trinajstić information content (AvgIpc) is 2.92. The fourth-order valence-electron chi connectivity index (χ4n) is 2.22. The molecular weight excluding hydrogens is 266 g/mol. The molecule has 1 heterocycles. The molecule has 1 N–H and O–H groups in total. The molecule has 2 nitrogen and oxygen atoms in total. The van der Waals surface area contributed by atoms with E-state index in [9.17, 15) is 0 Å². The second-order valence-corrected chi connectivity index (χ2v) is 5.66. The molecule has 0 saturated heterocycles. The molecule has 0 aliphatic carbocycles. The molecule has 0 saturated carbocycles. The van der Waals surface area contributed by atoms with Gasteiger partial charge in [0, 0.05) is 16.0 Å². The number of nitrogens with one attached hydrogen (secondary N) is 1. The van der Waals surface area contributed by atoms with Crippen molar-refractivity contribution >= 4 is 28.4 Å². The predicted molar refractivity (Wildman–Crippen MR) is 86.5 cm³/mol. The Morgan fingerprint density at radius 2 is 1.80 bits per heavy atom. The third-order valence-corrected chi connectivity index (χ3v) is 4.09. The van der Waals surface area contributed by atoms with E-state index in [1.54, 1.807) is 11.8 Å². The number of rotatable bonds is 4. The molecule has 0 aliphatic heterocycles. The van der Waals surface area contributed by atoms with Crippen LogP contribution in [0.4, 0.5) is 5.69 Å². The zero-order chi connectivity index (χ0) is 13.9. The molecule has 3 rings (SSSR count). The Labute approximate surface area is 123 Å². The van der Waals surface area contributed by atoms with Crippen molar-refractivity contribution in [2.45, 2.75) is 17.9 Å². The van der Waals surface area contributed by atoms with Crippen LogP contribution in [0.25, 0.3) is 11.0 Å². The highest BCUT2D eigenvalue weighted by atomic mass is 32.2. The van der Waals surface area contributed by atoms with E-state index >= 15 is 0 Å². The van der Waals surface area contributed by atoms with Crippen LogP contribution in [-0.4, -0.2) is 6.26 Å². The lowest BCUT2D eigenvalue weighted by Crippen LogP contribution is -2.05. The molecule has 2 aromatic carbocycles. The number of thioether (sulfide) groups is 1. The first-order valence-electron chi connectivity index (χ1n) is 6.65. The van der Waals surface area contributed by atoms with Crippen LogP contribution in [0, 0.1) is 0 Å². The molecule has 1 unspecified atom stereocenters. The minimum atomic E-state index is 0.141. The summed E-state index contributed by atoms with van der Waals surface area (Å²) in [5.74, 6) is 0.958. The van der Waals surface area contributed by atoms with Crippen molar-refractivity contribution in [3.63, 3.8) is 0 Å². The first-order chi connectivity index (χ1) is 9.76. The Balaban J connectivity index is 1.79. The fourth-order valence-corrected chi connectivity index (χ4v) is 2.63. The monoisotopic (exact) mass is 283 g/mol. The molecule has 0 radical (unpaired) electrons. The van der Waals surface area contributed by atoms with Gasteiger partial charge in [0.25, 0.3) is 0 Å². The highest BCUT2D eigenvalue weighted by Gasteiger charge is 2.11. The van der Waals surface area contributed by atoms with Crippen LogP contribution in [0.2, 0.25) is 0 Å². The first kappa shape index (κ1) is 13.1. The predicted octanol–water partition coefficient (Wildman–Crippen LogP) is 5.33. The van der Waals surface area contributed by atoms with E-state index in [0.717, 1.165) is 22.4 Å². The number of hydrogen-bond donors (Lipinski definition) is 1. The Hall–Kier alpha value is -1.87. The van der Waals surface area contributed by atoms with Crippen LogP contribution in [0.15, 0.2) is 63.9 Å². The van der Waals surface area contributed by atoms with Gasteiger partial charge in [0.2, 0.25) is 0 Å². The summed E-state index contributed by atoms with van der Waals surface area (Å²) in [5, 5.41) is 4.61. The van der Waals surface area contributed by atoms with E-state index in [4.69, 9.17) is 4.42 Å². The van der Waals surface area contributed by atoms with Gasteiger partial charge < -0.3 is 9.73 Å². The normalized spacial score (nSPS) is 12.5. The van der Waals surface area contributed by atoms with E-state index in [2.05, 4.69) is 54.9 Å². The van der Waals surface area contributed by atoms with Crippen LogP contribution < -0.4 is 5.32 Å². The summed E-state index contributed by atoms with van der Waals surface area (Å²) in [6.07, 6.45) is 2.08. The van der Waals surface area contributed by atoms with Crippen molar-refractivity contribution in [2.24, 2.45) is 0 Å². The van der Waals surface area contributed by atoms with E-state index in [1.165, 1.54) is 4.90 Å². The van der Waals surface area contributed by atoms with E-state index in [0.29, 0.717) is 0 Å². The summed E-state index contributed by atoms with van der Waals surface area (Å²) in [7, 11) is 0. The van der Waals surface area contributed by atoms with Gasteiger partial charge in [-0.2, -0.15) is 0 Å². The lowest BCUT2D eigenvalue weighted by Gasteiger charge is -2.13. The van der Waals surface area contributed by atoms with Gasteiger partial charge in [-0.15, -0.1) is 11.8 Å². The third kappa shape index (κ3) is 2.68. The molecule has 0 fully saturated rings. The summed E-state index contributed by atoms with van der Waals surface area (Å²) >= 11 is 1.75. The smallest absolute Gasteiger partial charge is 0.134 e. The molecule has 3 aromatic rings. The van der Waals surface area contributed by atoms with Crippen LogP contribution in [-0.2, 0) is 0 Å². The Bertz CT molecular complexity index is 669. The number of furan rings is 1. The summed E-state index contributed by atoms with van der Waals surface area (Å²) in [6.45, 7) is 2.11. The molecule has 0 amide bonds. The van der Waals surface area contributed by atoms with Crippen LogP contribution >= 0.6 is 11.8 Å². The first-order valence-corrected chi connectivity index (χ1v) is 7.88. The zero-order valence-corrected chi connectivity index (χ0v) is 12.4. The second-order valence-electron chi connectivity index (χ2n) is 4.78. The van der Waals surface area contributed by atoms with Crippen molar-refractivity contribution in [3.8, 4) is 0 Å². The topological polar surface area (TPSA) is 25.2 Å². The minimum Gasteiger partial charge on any atom is -0.459 e. The second kappa shape index (κ2) is 5.63. The standard InChI is InChI=1S/C17H17NOS/c1-12(18-14-7-9-15(20-2)10-8-14)17-11-13-5-3-4-6-16(13)19-17/h3-12,18H,1-2H3. The van der Waals surface area contributed by atoms with Crippen LogP contribution in [0.3, 0.4) is 0 Å². The molecular formula is C17H17NOS. The summed E-state index contributed by atoms with van der Waals surface area (Å²) in [6, 6.07) is 18.8. The molecule has 1 atom stereocenters. The van der Waals surface area contributed by atoms with Gasteiger partial charge in [0.05, 0.1) is 6.04 Å². The molecule has 0 spiro atoms. The van der Waals surface area contributed by atoms with E-state index in [1.807, 2.05) is 18.2 Å². The van der Waals surface area contributed by atoms with Crippen molar-refractivity contribution < 1.29 is 4.42 Å². The summed E-state index contributed by atoms with van der Waals surface area (Å²) in [5.41, 5.74) is 2.05. The summed E-state index contributed by atoms with van der Waals surface area (Å²) < 4.78 is 5.88. The number of anilines is 1. The highest BCUT2D eigenvalue weighted by Crippen LogP contribution is 2.26. The molecule has 20 heavy (non-hydrogen) atoms. The van der Waals surface area contributed by atoms with Gasteiger partial charge >= 0.3 is 0 Å². The van der Waals surface area contributed by atoms with E-state index in [-0.39, 0.29) is 6.04 Å². The van der Waals surface area contributed by atoms with E-state index < -0.39 is 0 Å². The third-order valence-electron chi connectivity index (χ3n) is 3.34. The Morgan fingerprint density at radius 3 is 2.50 bits per heavy atom. The SMILES string of the molecule is CSc1ccc(NC(C)c2cc3ccccc3o2)cc1. The van der Waals surface area contributed by atoms with Gasteiger partial charge in [-0.25, -0.2) is 0 Å². The molecule has 3 heteroatoms. The highest BCUT2D eigenvalue weighted by molar-refractivity contribution is 7.98. The van der Waals surface area contributed by atoms with Gasteiger partial charge in [0.15, 0.2) is 0 Å². The quantitative estimate of drug-likeness (QED) is 0.655. The lowest BCUT2D eigenvalue weighted by atomic mass is 10.2. The maximum absolute atomic E-state index is 5.88. The number of hydrogen-bond acceptors (Lipinski definition) is 3. The van der Waals surface area contributed by atoms with Crippen LogP contribution in [0.1, 0.15) is 18.7 Å². The molecule has 0 bridgehead atoms. The molecule has 0 aliphatic rings. The maximum atomic E-state index is 5.88. The van der Waals surface area contributed by atoms with Crippen molar-refractivity contribution in [3.05, 3.63) is 60.4 Å². The molecule has 1 aromatic heterocycles. The van der Waals surface area contributed by atoms with Gasteiger partial charge in [-0.3, -0.25) is 0 Å². The van der Waals surface area contributed by atoms with Crippen molar-refractivity contribution in [2.75, 3.05) is 11.6 Å². The number of benzene rings is 2. The average molecular weight is 283 g/mol. The zero-order valence-electron chi connectivity index (χ0n) is 11.6. The van der Waals surface area contributed by atoms with Crippen LogP contribution in [0.5, 0.6) is 0 Å². The van der Waals surface area contributed by atoms with Gasteiger partial charge in [-0.1, -0.05) is 18.2 Å².